The fraction of sp³-hybridized carbons (Fsp3) is 0.385. The van der Waals surface area contributed by atoms with Gasteiger partial charge in [-0.15, -0.1) is 0 Å². The van der Waals surface area contributed by atoms with E-state index in [1.807, 2.05) is 44.2 Å². The monoisotopic (exact) mass is 468 g/mol. The average molecular weight is 469 g/mol. The molecule has 0 saturated carbocycles. The molecular weight excluding hydrogens is 436 g/mol. The molecule has 0 aliphatic carbocycles. The lowest BCUT2D eigenvalue weighted by Gasteiger charge is -2.25. The second kappa shape index (κ2) is 11.3. The van der Waals surface area contributed by atoms with Gasteiger partial charge in [0.15, 0.2) is 0 Å². The number of nitrogens with one attached hydrogen (secondary N) is 2. The number of H-pyrrole nitrogens is 1. The minimum atomic E-state index is -0.276. The van der Waals surface area contributed by atoms with Crippen LogP contribution in [0.5, 0.6) is 0 Å². The smallest absolute Gasteiger partial charge is 0.321 e. The van der Waals surface area contributed by atoms with E-state index in [0.29, 0.717) is 22.8 Å². The minimum absolute atomic E-state index is 0.171. The number of aromatic nitrogens is 1. The van der Waals surface area contributed by atoms with Crippen LogP contribution in [0.15, 0.2) is 47.3 Å². The van der Waals surface area contributed by atoms with Gasteiger partial charge in [-0.25, -0.2) is 4.79 Å². The second-order valence-corrected chi connectivity index (χ2v) is 8.71. The van der Waals surface area contributed by atoms with E-state index < -0.39 is 0 Å². The summed E-state index contributed by atoms with van der Waals surface area (Å²) in [5.41, 5.74) is 3.97. The van der Waals surface area contributed by atoms with Crippen molar-refractivity contribution < 1.29 is 4.79 Å². The van der Waals surface area contributed by atoms with Crippen molar-refractivity contribution in [1.82, 2.24) is 14.8 Å². The summed E-state index contributed by atoms with van der Waals surface area (Å²) in [6, 6.07) is 12.8. The van der Waals surface area contributed by atoms with Crippen LogP contribution in [0.4, 0.5) is 10.5 Å². The summed E-state index contributed by atoms with van der Waals surface area (Å²) in [6.07, 6.45) is 0.807. The normalized spacial score (nSPS) is 11.2. The van der Waals surface area contributed by atoms with Crippen molar-refractivity contribution in [3.63, 3.8) is 0 Å². The topological polar surface area (TPSA) is 68.4 Å². The number of amides is 2. The van der Waals surface area contributed by atoms with Crippen molar-refractivity contribution in [2.24, 2.45) is 0 Å². The number of para-hydroxylation sites is 1. The molecule has 7 heteroatoms. The van der Waals surface area contributed by atoms with Crippen LogP contribution in [0.1, 0.15) is 37.0 Å². The number of fused-ring (bicyclic) bond motifs is 1. The Hall–Kier alpha value is -2.83. The number of aromatic amines is 1. The molecule has 0 bridgehead atoms. The molecule has 3 aromatic rings. The summed E-state index contributed by atoms with van der Waals surface area (Å²) < 4.78 is 0. The van der Waals surface area contributed by atoms with Gasteiger partial charge in [0.05, 0.1) is 22.8 Å². The van der Waals surface area contributed by atoms with E-state index in [4.69, 9.17) is 11.6 Å². The van der Waals surface area contributed by atoms with E-state index >= 15 is 0 Å². The molecule has 2 N–H and O–H groups in total. The molecule has 0 aliphatic rings. The number of hydrogen-bond donors (Lipinski definition) is 2. The highest BCUT2D eigenvalue weighted by Gasteiger charge is 2.18. The summed E-state index contributed by atoms with van der Waals surface area (Å²) in [6.45, 7) is 11.8. The number of urea groups is 1. The fourth-order valence-corrected chi connectivity index (χ4v) is 4.11. The predicted octanol–water partition coefficient (Wildman–Crippen LogP) is 5.56. The van der Waals surface area contributed by atoms with Gasteiger partial charge in [0.1, 0.15) is 0 Å². The third-order valence-electron chi connectivity index (χ3n) is 6.19. The molecule has 176 valence electrons. The highest BCUT2D eigenvalue weighted by atomic mass is 35.5. The molecule has 0 unspecified atom stereocenters. The van der Waals surface area contributed by atoms with Crippen LogP contribution in [0.2, 0.25) is 5.02 Å². The van der Waals surface area contributed by atoms with Crippen LogP contribution in [-0.2, 0) is 6.54 Å². The summed E-state index contributed by atoms with van der Waals surface area (Å²) in [5.74, 6) is 0. The molecule has 0 atom stereocenters. The maximum atomic E-state index is 13.2. The van der Waals surface area contributed by atoms with Gasteiger partial charge in [-0.1, -0.05) is 49.7 Å². The number of pyridine rings is 1. The third-order valence-corrected chi connectivity index (χ3v) is 6.52. The number of aryl methyl sites for hydroxylation is 2. The molecule has 2 aromatic carbocycles. The van der Waals surface area contributed by atoms with Crippen molar-refractivity contribution >= 4 is 34.2 Å². The third kappa shape index (κ3) is 6.15. The Morgan fingerprint density at radius 1 is 1.06 bits per heavy atom. The lowest BCUT2D eigenvalue weighted by molar-refractivity contribution is 0.202. The summed E-state index contributed by atoms with van der Waals surface area (Å²) in [4.78, 5) is 33.1. The predicted molar refractivity (Wildman–Crippen MR) is 137 cm³/mol. The van der Waals surface area contributed by atoms with Gasteiger partial charge in [-0.3, -0.25) is 4.79 Å². The minimum Gasteiger partial charge on any atom is -0.321 e. The van der Waals surface area contributed by atoms with Crippen molar-refractivity contribution in [2.75, 3.05) is 31.5 Å². The first kappa shape index (κ1) is 24.8. The number of halogens is 1. The van der Waals surface area contributed by atoms with Gasteiger partial charge in [0, 0.05) is 12.1 Å². The largest absolute Gasteiger partial charge is 0.322 e. The van der Waals surface area contributed by atoms with Crippen molar-refractivity contribution in [1.29, 1.82) is 0 Å². The molecule has 0 spiro atoms. The van der Waals surface area contributed by atoms with E-state index in [-0.39, 0.29) is 18.1 Å². The zero-order valence-electron chi connectivity index (χ0n) is 19.9. The first-order valence-electron chi connectivity index (χ1n) is 11.5. The lowest BCUT2D eigenvalue weighted by atomic mass is 10.0. The Balaban J connectivity index is 1.86. The number of rotatable bonds is 9. The summed E-state index contributed by atoms with van der Waals surface area (Å²) in [5, 5.41) is 4.33. The molecule has 33 heavy (non-hydrogen) atoms. The van der Waals surface area contributed by atoms with Gasteiger partial charge >= 0.3 is 6.03 Å². The maximum absolute atomic E-state index is 13.2. The number of anilines is 1. The Morgan fingerprint density at radius 2 is 1.79 bits per heavy atom. The van der Waals surface area contributed by atoms with E-state index in [9.17, 15) is 9.59 Å². The van der Waals surface area contributed by atoms with Crippen LogP contribution >= 0.6 is 11.6 Å². The Labute approximate surface area is 200 Å². The van der Waals surface area contributed by atoms with E-state index in [2.05, 4.69) is 29.0 Å². The molecule has 0 radical (unpaired) electrons. The number of nitrogens with zero attached hydrogens (tertiary/aromatic N) is 2. The summed E-state index contributed by atoms with van der Waals surface area (Å²) >= 11 is 6.24. The number of carbonyl (C=O) groups is 1. The number of benzene rings is 2. The van der Waals surface area contributed by atoms with Crippen LogP contribution in [0.25, 0.3) is 10.9 Å². The van der Waals surface area contributed by atoms with Gasteiger partial charge in [-0.2, -0.15) is 0 Å². The Morgan fingerprint density at radius 3 is 2.48 bits per heavy atom. The van der Waals surface area contributed by atoms with E-state index in [1.165, 1.54) is 0 Å². The molecule has 1 aromatic heterocycles. The van der Waals surface area contributed by atoms with Gasteiger partial charge < -0.3 is 20.1 Å². The van der Waals surface area contributed by atoms with E-state index in [0.717, 1.165) is 48.1 Å². The highest BCUT2D eigenvalue weighted by molar-refractivity contribution is 6.33. The first-order chi connectivity index (χ1) is 15.8. The highest BCUT2D eigenvalue weighted by Crippen LogP contribution is 2.22. The fourth-order valence-electron chi connectivity index (χ4n) is 3.93. The zero-order valence-corrected chi connectivity index (χ0v) is 20.6. The molecule has 0 fully saturated rings. The molecular formula is C26H33ClN4O2. The second-order valence-electron chi connectivity index (χ2n) is 8.31. The van der Waals surface area contributed by atoms with Crippen LogP contribution in [-0.4, -0.2) is 47.0 Å². The molecule has 1 heterocycles. The van der Waals surface area contributed by atoms with Gasteiger partial charge in [0.2, 0.25) is 0 Å². The standard InChI is InChI=1S/C26H33ClN4O2/c1-5-30(6-2)14-9-15-31(26(33)28-23-11-8-7-10-22(23)27)17-21-16-20-13-12-18(3)19(4)24(20)29-25(21)32/h7-8,10-13,16H,5-6,9,14-15,17H2,1-4H3,(H,28,33)(H,29,32). The molecule has 0 saturated heterocycles. The average Bonchev–Trinajstić information content (AvgIpc) is 2.80. The van der Waals surface area contributed by atoms with Crippen LogP contribution < -0.4 is 10.9 Å². The van der Waals surface area contributed by atoms with E-state index in [1.54, 1.807) is 17.0 Å². The number of hydrogen-bond acceptors (Lipinski definition) is 3. The van der Waals surface area contributed by atoms with Crippen molar-refractivity contribution in [2.45, 2.75) is 40.7 Å². The van der Waals surface area contributed by atoms with Crippen molar-refractivity contribution in [3.05, 3.63) is 74.5 Å². The van der Waals surface area contributed by atoms with Crippen molar-refractivity contribution in [3.8, 4) is 0 Å². The molecule has 0 aliphatic heterocycles. The summed E-state index contributed by atoms with van der Waals surface area (Å²) in [7, 11) is 0. The van der Waals surface area contributed by atoms with Gasteiger partial charge in [-0.05, 0) is 74.6 Å². The molecule has 3 rings (SSSR count). The SMILES string of the molecule is CCN(CC)CCCN(Cc1cc2ccc(C)c(C)c2[nH]c1=O)C(=O)Nc1ccccc1Cl. The first-order valence-corrected chi connectivity index (χ1v) is 11.9. The van der Waals surface area contributed by atoms with Gasteiger partial charge in [0.25, 0.3) is 5.56 Å². The Kier molecular flexibility index (Phi) is 8.53. The number of carbonyl (C=O) groups excluding carboxylic acids is 1. The van der Waals surface area contributed by atoms with Crippen LogP contribution in [0.3, 0.4) is 0 Å². The zero-order chi connectivity index (χ0) is 24.0. The lowest BCUT2D eigenvalue weighted by Crippen LogP contribution is -2.38. The quantitative estimate of drug-likeness (QED) is 0.431. The Bertz CT molecular complexity index is 1170. The van der Waals surface area contributed by atoms with Crippen LogP contribution in [0, 0.1) is 13.8 Å². The molecule has 2 amide bonds. The molecule has 6 nitrogen and oxygen atoms in total. The maximum Gasteiger partial charge on any atom is 0.322 e.